The molecule has 9 nitrogen and oxygen atoms in total. The number of fused-ring (bicyclic) bond motifs is 2. The molecule has 0 bridgehead atoms. The number of aryl methyl sites for hydroxylation is 1. The molecule has 3 heterocycles. The summed E-state index contributed by atoms with van der Waals surface area (Å²) in [6.07, 6.45) is 2.42. The minimum Gasteiger partial charge on any atom is -0.505 e. The maximum absolute atomic E-state index is 12.9. The number of H-pyrrole nitrogens is 1. The normalized spacial score (nSPS) is 19.4. The summed E-state index contributed by atoms with van der Waals surface area (Å²) in [5.41, 5.74) is 0.111. The Balaban J connectivity index is 1.43. The first-order valence-corrected chi connectivity index (χ1v) is 11.7. The summed E-state index contributed by atoms with van der Waals surface area (Å²) in [6.45, 7) is 5.64. The van der Waals surface area contributed by atoms with E-state index in [0.717, 1.165) is 11.9 Å². The molecule has 9 heteroatoms. The fourth-order valence-corrected chi connectivity index (χ4v) is 4.78. The summed E-state index contributed by atoms with van der Waals surface area (Å²) in [4.78, 5) is 28.7. The molecule has 4 aromatic rings. The Morgan fingerprint density at radius 3 is 2.69 bits per heavy atom. The molecule has 1 aliphatic rings. The number of amides is 1. The second-order valence-electron chi connectivity index (χ2n) is 9.45. The fraction of sp³-hybridized carbons (Fsp3) is 0.333. The Kier molecular flexibility index (Phi) is 5.97. The molecule has 0 radical (unpaired) electrons. The van der Waals surface area contributed by atoms with Crippen molar-refractivity contribution in [3.63, 3.8) is 0 Å². The second-order valence-corrected chi connectivity index (χ2v) is 9.45. The van der Waals surface area contributed by atoms with Gasteiger partial charge >= 0.3 is 5.63 Å². The number of ether oxygens (including phenoxy) is 3. The number of hydrogen-bond donors (Lipinski definition) is 3. The molecule has 188 valence electrons. The van der Waals surface area contributed by atoms with Crippen LogP contribution < -0.4 is 15.7 Å². The van der Waals surface area contributed by atoms with Gasteiger partial charge in [-0.2, -0.15) is 0 Å². The van der Waals surface area contributed by atoms with Crippen LogP contribution >= 0.6 is 0 Å². The molecule has 1 amide bonds. The molecular weight excluding hydrogens is 464 g/mol. The largest absolute Gasteiger partial charge is 0.505 e. The highest BCUT2D eigenvalue weighted by Crippen LogP contribution is 2.37. The van der Waals surface area contributed by atoms with Gasteiger partial charge in [-0.3, -0.25) is 4.79 Å². The monoisotopic (exact) mass is 492 g/mol. The highest BCUT2D eigenvalue weighted by atomic mass is 16.7. The number of hydrogen-bond acceptors (Lipinski definition) is 7. The SMILES string of the molecule is CO[C@@H]1CC[C@H](Oc2ccc3c(O)c(NC(=O)c4c[nH]c5ccccc45)c(=O)oc3c2C)OC1(C)C. The summed E-state index contributed by atoms with van der Waals surface area (Å²) >= 11 is 0. The fourth-order valence-electron chi connectivity index (χ4n) is 4.78. The highest BCUT2D eigenvalue weighted by molar-refractivity contribution is 6.13. The van der Waals surface area contributed by atoms with Crippen molar-refractivity contribution in [3.05, 3.63) is 64.1 Å². The van der Waals surface area contributed by atoms with Crippen molar-refractivity contribution in [2.24, 2.45) is 0 Å². The Morgan fingerprint density at radius 2 is 1.94 bits per heavy atom. The topological polar surface area (TPSA) is 123 Å². The molecule has 0 unspecified atom stereocenters. The predicted octanol–water partition coefficient (Wildman–Crippen LogP) is 4.85. The quantitative estimate of drug-likeness (QED) is 0.340. The number of aromatic hydroxyl groups is 1. The molecular formula is C27H28N2O7. The molecule has 2 aromatic carbocycles. The number of carbonyl (C=O) groups excluding carboxylic acids is 1. The van der Waals surface area contributed by atoms with Gasteiger partial charge in [0.05, 0.1) is 22.7 Å². The van der Waals surface area contributed by atoms with E-state index in [1.807, 2.05) is 32.0 Å². The summed E-state index contributed by atoms with van der Waals surface area (Å²) in [7, 11) is 1.66. The number of para-hydroxylation sites is 1. The van der Waals surface area contributed by atoms with Crippen molar-refractivity contribution in [3.8, 4) is 11.5 Å². The van der Waals surface area contributed by atoms with Crippen molar-refractivity contribution < 1.29 is 28.5 Å². The number of anilines is 1. The lowest BCUT2D eigenvalue weighted by atomic mass is 9.94. The minimum absolute atomic E-state index is 0.0390. The third-order valence-electron chi connectivity index (χ3n) is 6.74. The van der Waals surface area contributed by atoms with Crippen LogP contribution in [0.2, 0.25) is 0 Å². The van der Waals surface area contributed by atoms with Crippen LogP contribution in [0.1, 0.15) is 42.6 Å². The van der Waals surface area contributed by atoms with E-state index in [1.165, 1.54) is 0 Å². The molecule has 1 aliphatic heterocycles. The molecule has 0 spiro atoms. The van der Waals surface area contributed by atoms with Gasteiger partial charge in [-0.1, -0.05) is 18.2 Å². The van der Waals surface area contributed by atoms with Gasteiger partial charge in [0.1, 0.15) is 11.3 Å². The number of nitrogens with one attached hydrogen (secondary N) is 2. The molecule has 0 saturated carbocycles. The zero-order chi connectivity index (χ0) is 25.6. The molecule has 2 aromatic heterocycles. The van der Waals surface area contributed by atoms with E-state index in [1.54, 1.807) is 38.4 Å². The van der Waals surface area contributed by atoms with E-state index in [0.29, 0.717) is 28.7 Å². The van der Waals surface area contributed by atoms with Crippen LogP contribution in [0.3, 0.4) is 0 Å². The molecule has 0 aliphatic carbocycles. The van der Waals surface area contributed by atoms with Crippen molar-refractivity contribution in [1.29, 1.82) is 0 Å². The van der Waals surface area contributed by atoms with E-state index >= 15 is 0 Å². The van der Waals surface area contributed by atoms with E-state index in [9.17, 15) is 14.7 Å². The molecule has 5 rings (SSSR count). The number of aromatic amines is 1. The number of benzene rings is 2. The van der Waals surface area contributed by atoms with Crippen LogP contribution in [0.25, 0.3) is 21.9 Å². The van der Waals surface area contributed by atoms with Gasteiger partial charge in [0.15, 0.2) is 11.4 Å². The third kappa shape index (κ3) is 4.10. The van der Waals surface area contributed by atoms with Crippen LogP contribution in [0.15, 0.2) is 51.8 Å². The summed E-state index contributed by atoms with van der Waals surface area (Å²) in [5, 5.41) is 14.4. The molecule has 2 atom stereocenters. The molecule has 1 saturated heterocycles. The first-order valence-electron chi connectivity index (χ1n) is 11.7. The lowest BCUT2D eigenvalue weighted by Crippen LogP contribution is -2.49. The Morgan fingerprint density at radius 1 is 1.17 bits per heavy atom. The van der Waals surface area contributed by atoms with Gasteiger partial charge in [0.25, 0.3) is 5.91 Å². The van der Waals surface area contributed by atoms with Crippen LogP contribution in [-0.4, -0.2) is 41.1 Å². The standard InChI is InChI=1S/C27H28N2O7/c1-14-19(34-21-12-11-20(33-4)27(2,3)36-21)10-9-16-23(30)22(26(32)35-24(14)16)29-25(31)17-13-28-18-8-6-5-7-15(17)18/h5-10,13,20-21,28,30H,11-12H2,1-4H3,(H,29,31)/t20-,21-/m1/s1. The van der Waals surface area contributed by atoms with Crippen LogP contribution in [0.4, 0.5) is 5.69 Å². The Labute approximate surface area is 207 Å². The number of rotatable bonds is 5. The molecule has 1 fully saturated rings. The number of methoxy groups -OCH3 is 1. The van der Waals surface area contributed by atoms with E-state index in [2.05, 4.69) is 10.3 Å². The Hall–Kier alpha value is -3.82. The van der Waals surface area contributed by atoms with Gasteiger partial charge in [0.2, 0.25) is 6.29 Å². The van der Waals surface area contributed by atoms with Gasteiger partial charge in [0, 0.05) is 36.2 Å². The van der Waals surface area contributed by atoms with Crippen LogP contribution in [0, 0.1) is 6.92 Å². The Bertz CT molecular complexity index is 1520. The maximum Gasteiger partial charge on any atom is 0.364 e. The van der Waals surface area contributed by atoms with E-state index in [4.69, 9.17) is 18.6 Å². The first kappa shape index (κ1) is 23.9. The van der Waals surface area contributed by atoms with Gasteiger partial charge in [-0.15, -0.1) is 0 Å². The average molecular weight is 493 g/mol. The maximum atomic E-state index is 12.9. The summed E-state index contributed by atoms with van der Waals surface area (Å²) in [5.74, 6) is -0.447. The van der Waals surface area contributed by atoms with Crippen molar-refractivity contribution in [2.45, 2.75) is 51.6 Å². The third-order valence-corrected chi connectivity index (χ3v) is 6.74. The lowest BCUT2D eigenvalue weighted by Gasteiger charge is -2.41. The zero-order valence-electron chi connectivity index (χ0n) is 20.5. The van der Waals surface area contributed by atoms with Gasteiger partial charge in [-0.05, 0) is 45.4 Å². The summed E-state index contributed by atoms with van der Waals surface area (Å²) < 4.78 is 23.2. The zero-order valence-corrected chi connectivity index (χ0v) is 20.5. The van der Waals surface area contributed by atoms with Crippen LogP contribution in [0.5, 0.6) is 11.5 Å². The van der Waals surface area contributed by atoms with Crippen molar-refractivity contribution in [1.82, 2.24) is 4.98 Å². The average Bonchev–Trinajstić information content (AvgIpc) is 3.28. The summed E-state index contributed by atoms with van der Waals surface area (Å²) in [6, 6.07) is 10.6. The van der Waals surface area contributed by atoms with Gasteiger partial charge < -0.3 is 34.0 Å². The second kappa shape index (κ2) is 9.00. The van der Waals surface area contributed by atoms with Crippen molar-refractivity contribution >= 4 is 33.5 Å². The van der Waals surface area contributed by atoms with Gasteiger partial charge in [-0.25, -0.2) is 4.79 Å². The number of carbonyl (C=O) groups is 1. The van der Waals surface area contributed by atoms with Crippen molar-refractivity contribution in [2.75, 3.05) is 12.4 Å². The molecule has 3 N–H and O–H groups in total. The predicted molar refractivity (Wildman–Crippen MR) is 135 cm³/mol. The first-order chi connectivity index (χ1) is 17.2. The number of aromatic nitrogens is 1. The van der Waals surface area contributed by atoms with E-state index < -0.39 is 23.4 Å². The van der Waals surface area contributed by atoms with Crippen LogP contribution in [-0.2, 0) is 9.47 Å². The lowest BCUT2D eigenvalue weighted by molar-refractivity contribution is -0.233. The highest BCUT2D eigenvalue weighted by Gasteiger charge is 2.39. The minimum atomic E-state index is -0.869. The molecule has 36 heavy (non-hydrogen) atoms. The van der Waals surface area contributed by atoms with E-state index in [-0.39, 0.29) is 28.5 Å². The smallest absolute Gasteiger partial charge is 0.364 e.